The van der Waals surface area contributed by atoms with Gasteiger partial charge in [-0.3, -0.25) is 19.1 Å². The maximum Gasteiger partial charge on any atom is 0.328 e. The molecule has 0 aliphatic carbocycles. The average molecular weight is 449 g/mol. The second-order valence-electron chi connectivity index (χ2n) is 8.30. The first-order chi connectivity index (χ1) is 15.8. The predicted octanol–water partition coefficient (Wildman–Crippen LogP) is 0.914. The van der Waals surface area contributed by atoms with Crippen LogP contribution in [-0.4, -0.2) is 55.9 Å². The number of amides is 1. The zero-order valence-corrected chi connectivity index (χ0v) is 18.1. The minimum atomic E-state index is -1.04. The second kappa shape index (κ2) is 7.98. The number of pyridine rings is 1. The van der Waals surface area contributed by atoms with Gasteiger partial charge in [0, 0.05) is 34.6 Å². The molecule has 3 aromatic heterocycles. The summed E-state index contributed by atoms with van der Waals surface area (Å²) in [6, 6.07) is 8.91. The number of aromatic nitrogens is 4. The Kier molecular flexibility index (Phi) is 5.10. The van der Waals surface area contributed by atoms with Gasteiger partial charge < -0.3 is 20.1 Å². The molecule has 0 unspecified atom stereocenters. The zero-order valence-electron chi connectivity index (χ0n) is 18.1. The summed E-state index contributed by atoms with van der Waals surface area (Å²) in [5.74, 6) is -0.387. The molecule has 5 rings (SSSR count). The molecular formula is C23H23N5O5. The number of para-hydroxylation sites is 1. The molecular weight excluding hydrogens is 426 g/mol. The summed E-state index contributed by atoms with van der Waals surface area (Å²) in [5, 5.41) is 15.4. The smallest absolute Gasteiger partial charge is 0.328 e. The van der Waals surface area contributed by atoms with E-state index in [0.717, 1.165) is 21.8 Å². The molecule has 1 aliphatic heterocycles. The van der Waals surface area contributed by atoms with Gasteiger partial charge in [-0.05, 0) is 26.0 Å². The molecule has 0 bridgehead atoms. The minimum absolute atomic E-state index is 0.0419. The number of carbonyl (C=O) groups is 1. The number of fused-ring (bicyclic) bond motifs is 3. The molecule has 0 saturated carbocycles. The van der Waals surface area contributed by atoms with Gasteiger partial charge in [0.2, 0.25) is 0 Å². The van der Waals surface area contributed by atoms with E-state index in [1.165, 1.54) is 10.8 Å². The lowest BCUT2D eigenvalue weighted by Crippen LogP contribution is -2.42. The summed E-state index contributed by atoms with van der Waals surface area (Å²) in [4.78, 5) is 46.6. The van der Waals surface area contributed by atoms with E-state index in [0.29, 0.717) is 11.3 Å². The van der Waals surface area contributed by atoms with Gasteiger partial charge in [0.1, 0.15) is 17.9 Å². The molecule has 1 saturated heterocycles. The normalized spacial score (nSPS) is 20.5. The molecule has 4 aromatic rings. The number of ether oxygens (including phenoxy) is 1. The standard InChI is InChI=1S/C23H23N5O5/c1-11-9-28(23(32)27-21(11)30)17-10-33-18(20(17)29)8-24-22(31)16-7-14-13-5-3-4-6-15(13)26-19(14)12(2)25-16/h3-7,9,17-18,20,26,29H,8,10H2,1-2H3,(H,24,31)(H,27,30,32)/t17-,18-,20+/m0/s1. The Labute approximate surface area is 187 Å². The number of nitrogens with one attached hydrogen (secondary N) is 3. The summed E-state index contributed by atoms with van der Waals surface area (Å²) in [5.41, 5.74) is 2.09. The highest BCUT2D eigenvalue weighted by atomic mass is 16.5. The van der Waals surface area contributed by atoms with E-state index in [1.807, 2.05) is 31.2 Å². The number of hydrogen-bond donors (Lipinski definition) is 4. The number of aryl methyl sites for hydroxylation is 2. The largest absolute Gasteiger partial charge is 0.388 e. The lowest BCUT2D eigenvalue weighted by Gasteiger charge is -2.19. The fourth-order valence-corrected chi connectivity index (χ4v) is 4.33. The third kappa shape index (κ3) is 3.62. The highest BCUT2D eigenvalue weighted by molar-refractivity contribution is 6.10. The molecule has 0 spiro atoms. The first-order valence-corrected chi connectivity index (χ1v) is 10.6. The van der Waals surface area contributed by atoms with Crippen molar-refractivity contribution in [1.82, 2.24) is 24.8 Å². The summed E-state index contributed by atoms with van der Waals surface area (Å²) in [6.45, 7) is 3.53. The van der Waals surface area contributed by atoms with Crippen LogP contribution < -0.4 is 16.6 Å². The number of carbonyl (C=O) groups excluding carboxylic acids is 1. The zero-order chi connectivity index (χ0) is 23.3. The van der Waals surface area contributed by atoms with Crippen LogP contribution in [0.2, 0.25) is 0 Å². The van der Waals surface area contributed by atoms with Gasteiger partial charge in [0.15, 0.2) is 0 Å². The summed E-state index contributed by atoms with van der Waals surface area (Å²) < 4.78 is 6.90. The van der Waals surface area contributed by atoms with Crippen molar-refractivity contribution in [2.24, 2.45) is 0 Å². The fraction of sp³-hybridized carbons (Fsp3) is 0.304. The van der Waals surface area contributed by atoms with Crippen LogP contribution in [0.1, 0.15) is 27.8 Å². The lowest BCUT2D eigenvalue weighted by molar-refractivity contribution is 0.0386. The predicted molar refractivity (Wildman–Crippen MR) is 122 cm³/mol. The highest BCUT2D eigenvalue weighted by Crippen LogP contribution is 2.27. The van der Waals surface area contributed by atoms with Gasteiger partial charge in [-0.2, -0.15) is 0 Å². The van der Waals surface area contributed by atoms with E-state index >= 15 is 0 Å². The van der Waals surface area contributed by atoms with Crippen LogP contribution in [0.5, 0.6) is 0 Å². The van der Waals surface area contributed by atoms with Crippen molar-refractivity contribution in [2.75, 3.05) is 13.2 Å². The Hall–Kier alpha value is -3.76. The molecule has 170 valence electrons. The van der Waals surface area contributed by atoms with Crippen LogP contribution >= 0.6 is 0 Å². The van der Waals surface area contributed by atoms with Crippen molar-refractivity contribution < 1.29 is 14.6 Å². The van der Waals surface area contributed by atoms with Crippen molar-refractivity contribution in [3.63, 3.8) is 0 Å². The Morgan fingerprint density at radius 1 is 1.24 bits per heavy atom. The number of benzene rings is 1. The van der Waals surface area contributed by atoms with Gasteiger partial charge in [-0.15, -0.1) is 0 Å². The number of aliphatic hydroxyl groups excluding tert-OH is 1. The highest BCUT2D eigenvalue weighted by Gasteiger charge is 2.38. The van der Waals surface area contributed by atoms with Gasteiger partial charge >= 0.3 is 5.69 Å². The number of rotatable bonds is 4. The first kappa shape index (κ1) is 21.1. The Bertz CT molecular complexity index is 1500. The van der Waals surface area contributed by atoms with Crippen LogP contribution in [0.3, 0.4) is 0 Å². The van der Waals surface area contributed by atoms with E-state index in [-0.39, 0.29) is 24.8 Å². The topological polar surface area (TPSA) is 142 Å². The summed E-state index contributed by atoms with van der Waals surface area (Å²) in [7, 11) is 0. The van der Waals surface area contributed by atoms with Crippen LogP contribution in [0, 0.1) is 13.8 Å². The fourth-order valence-electron chi connectivity index (χ4n) is 4.33. The van der Waals surface area contributed by atoms with Gasteiger partial charge in [-0.25, -0.2) is 9.78 Å². The van der Waals surface area contributed by atoms with E-state index < -0.39 is 29.5 Å². The molecule has 1 aliphatic rings. The van der Waals surface area contributed by atoms with Crippen molar-refractivity contribution in [1.29, 1.82) is 0 Å². The average Bonchev–Trinajstić information content (AvgIpc) is 3.35. The second-order valence-corrected chi connectivity index (χ2v) is 8.30. The molecule has 0 radical (unpaired) electrons. The molecule has 33 heavy (non-hydrogen) atoms. The number of H-pyrrole nitrogens is 2. The first-order valence-electron chi connectivity index (χ1n) is 10.6. The minimum Gasteiger partial charge on any atom is -0.388 e. The quantitative estimate of drug-likeness (QED) is 0.365. The summed E-state index contributed by atoms with van der Waals surface area (Å²) in [6.07, 6.45) is -0.349. The maximum absolute atomic E-state index is 12.8. The van der Waals surface area contributed by atoms with Crippen LogP contribution in [0.15, 0.2) is 46.1 Å². The Balaban J connectivity index is 1.33. The molecule has 1 fully saturated rings. The van der Waals surface area contributed by atoms with Crippen molar-refractivity contribution >= 4 is 27.7 Å². The van der Waals surface area contributed by atoms with E-state index in [9.17, 15) is 19.5 Å². The maximum atomic E-state index is 12.8. The van der Waals surface area contributed by atoms with Crippen molar-refractivity contribution in [3.8, 4) is 0 Å². The number of nitrogens with zero attached hydrogens (tertiary/aromatic N) is 2. The SMILES string of the molecule is Cc1cn([C@H]2CO[C@@H](CNC(=O)c3cc4c([nH]c5ccccc54)c(C)n3)[C@@H]2O)c(=O)[nH]c1=O. The molecule has 4 heterocycles. The Morgan fingerprint density at radius 3 is 2.85 bits per heavy atom. The summed E-state index contributed by atoms with van der Waals surface area (Å²) >= 11 is 0. The van der Waals surface area contributed by atoms with Crippen LogP contribution in [0.4, 0.5) is 0 Å². The van der Waals surface area contributed by atoms with Gasteiger partial charge in [-0.1, -0.05) is 18.2 Å². The van der Waals surface area contributed by atoms with Crippen LogP contribution in [0.25, 0.3) is 21.8 Å². The molecule has 10 heteroatoms. The third-order valence-electron chi connectivity index (χ3n) is 6.13. The molecule has 1 amide bonds. The van der Waals surface area contributed by atoms with Crippen molar-refractivity contribution in [3.05, 3.63) is 74.3 Å². The number of aromatic amines is 2. The lowest BCUT2D eigenvalue weighted by atomic mass is 10.1. The molecule has 3 atom stereocenters. The van der Waals surface area contributed by atoms with Gasteiger partial charge in [0.25, 0.3) is 11.5 Å². The van der Waals surface area contributed by atoms with E-state index in [2.05, 4.69) is 20.3 Å². The molecule has 4 N–H and O–H groups in total. The monoisotopic (exact) mass is 449 g/mol. The molecule has 1 aromatic carbocycles. The van der Waals surface area contributed by atoms with E-state index in [4.69, 9.17) is 4.74 Å². The van der Waals surface area contributed by atoms with E-state index in [1.54, 1.807) is 13.0 Å². The number of hydrogen-bond acceptors (Lipinski definition) is 6. The van der Waals surface area contributed by atoms with Crippen LogP contribution in [-0.2, 0) is 4.74 Å². The third-order valence-corrected chi connectivity index (χ3v) is 6.13. The number of aliphatic hydroxyl groups is 1. The molecule has 10 nitrogen and oxygen atoms in total. The van der Waals surface area contributed by atoms with Crippen molar-refractivity contribution in [2.45, 2.75) is 32.1 Å². The van der Waals surface area contributed by atoms with Gasteiger partial charge in [0.05, 0.1) is 23.9 Å². The Morgan fingerprint density at radius 2 is 2.03 bits per heavy atom.